The van der Waals surface area contributed by atoms with Gasteiger partial charge in [0, 0.05) is 37.7 Å². The van der Waals surface area contributed by atoms with E-state index in [1.165, 1.54) is 22.4 Å². The number of aryl methyl sites for hydroxylation is 3. The standard InChI is InChI=1S/C22H25N3/c1-17-9-10-20(18(2)15-17)22-21-8-5-12-24(21)13-6-14-25(22)16-19-7-3-4-11-23-19/h3-5,7-12,15,22H,6,13-14,16H2,1-2H3/t22-/m0/s1. The lowest BCUT2D eigenvalue weighted by molar-refractivity contribution is 0.217. The Morgan fingerprint density at radius 1 is 1.04 bits per heavy atom. The molecule has 0 bridgehead atoms. The molecule has 0 fully saturated rings. The van der Waals surface area contributed by atoms with E-state index in [0.29, 0.717) is 0 Å². The highest BCUT2D eigenvalue weighted by molar-refractivity contribution is 5.38. The molecule has 1 aliphatic rings. The van der Waals surface area contributed by atoms with Gasteiger partial charge in [0.1, 0.15) is 0 Å². The van der Waals surface area contributed by atoms with Gasteiger partial charge in [0.2, 0.25) is 0 Å². The quantitative estimate of drug-likeness (QED) is 0.705. The molecule has 4 rings (SSSR count). The Hall–Kier alpha value is -2.39. The van der Waals surface area contributed by atoms with Crippen LogP contribution in [0.2, 0.25) is 0 Å². The number of fused-ring (bicyclic) bond motifs is 1. The van der Waals surface area contributed by atoms with Gasteiger partial charge < -0.3 is 4.57 Å². The summed E-state index contributed by atoms with van der Waals surface area (Å²) in [6, 6.07) is 17.8. The first-order chi connectivity index (χ1) is 12.2. The number of hydrogen-bond donors (Lipinski definition) is 0. The lowest BCUT2D eigenvalue weighted by Gasteiger charge is -2.31. The molecule has 0 spiro atoms. The molecular formula is C22H25N3. The topological polar surface area (TPSA) is 21.1 Å². The minimum atomic E-state index is 0.278. The lowest BCUT2D eigenvalue weighted by atomic mass is 9.95. The normalized spacial score (nSPS) is 17.9. The Morgan fingerprint density at radius 3 is 2.76 bits per heavy atom. The highest BCUT2D eigenvalue weighted by Crippen LogP contribution is 2.34. The summed E-state index contributed by atoms with van der Waals surface area (Å²) in [6.45, 7) is 7.44. The van der Waals surface area contributed by atoms with Crippen molar-refractivity contribution in [3.05, 3.63) is 89.0 Å². The number of hydrogen-bond acceptors (Lipinski definition) is 2. The highest BCUT2D eigenvalue weighted by atomic mass is 15.2. The number of nitrogens with zero attached hydrogens (tertiary/aromatic N) is 3. The van der Waals surface area contributed by atoms with E-state index in [4.69, 9.17) is 0 Å². The van der Waals surface area contributed by atoms with Crippen LogP contribution in [0.4, 0.5) is 0 Å². The second-order valence-electron chi connectivity index (χ2n) is 7.03. The van der Waals surface area contributed by atoms with Gasteiger partial charge in [-0.05, 0) is 55.7 Å². The zero-order chi connectivity index (χ0) is 17.2. The molecule has 3 heteroatoms. The molecule has 25 heavy (non-hydrogen) atoms. The van der Waals surface area contributed by atoms with Crippen molar-refractivity contribution in [3.63, 3.8) is 0 Å². The highest BCUT2D eigenvalue weighted by Gasteiger charge is 2.28. The van der Waals surface area contributed by atoms with Crippen molar-refractivity contribution < 1.29 is 0 Å². The third-order valence-corrected chi connectivity index (χ3v) is 5.17. The SMILES string of the molecule is Cc1ccc([C@H]2c3cccn3CCCN2Cc2ccccn2)c(C)c1. The van der Waals surface area contributed by atoms with Crippen LogP contribution in [0.1, 0.15) is 40.5 Å². The minimum Gasteiger partial charge on any atom is -0.350 e. The molecule has 3 heterocycles. The van der Waals surface area contributed by atoms with Crippen LogP contribution < -0.4 is 0 Å². The molecule has 3 aromatic rings. The first-order valence-electron chi connectivity index (χ1n) is 9.08. The van der Waals surface area contributed by atoms with E-state index in [2.05, 4.69) is 77.0 Å². The van der Waals surface area contributed by atoms with Gasteiger partial charge in [-0.25, -0.2) is 0 Å². The van der Waals surface area contributed by atoms with Gasteiger partial charge in [0.15, 0.2) is 0 Å². The zero-order valence-electron chi connectivity index (χ0n) is 15.0. The monoisotopic (exact) mass is 331 g/mol. The molecule has 0 amide bonds. The molecule has 0 saturated carbocycles. The van der Waals surface area contributed by atoms with Gasteiger partial charge >= 0.3 is 0 Å². The van der Waals surface area contributed by atoms with E-state index in [9.17, 15) is 0 Å². The zero-order valence-corrected chi connectivity index (χ0v) is 15.0. The van der Waals surface area contributed by atoms with Crippen LogP contribution in [0.25, 0.3) is 0 Å². The Morgan fingerprint density at radius 2 is 1.96 bits per heavy atom. The third kappa shape index (κ3) is 3.24. The van der Waals surface area contributed by atoms with Crippen molar-refractivity contribution in [1.82, 2.24) is 14.5 Å². The summed E-state index contributed by atoms with van der Waals surface area (Å²) in [5, 5.41) is 0. The molecule has 0 radical (unpaired) electrons. The molecule has 2 aromatic heterocycles. The van der Waals surface area contributed by atoms with E-state index in [1.807, 2.05) is 12.3 Å². The number of pyridine rings is 1. The van der Waals surface area contributed by atoms with Crippen molar-refractivity contribution in [2.45, 2.75) is 39.4 Å². The molecule has 0 saturated heterocycles. The smallest absolute Gasteiger partial charge is 0.0762 e. The van der Waals surface area contributed by atoms with Crippen molar-refractivity contribution >= 4 is 0 Å². The number of benzene rings is 1. The summed E-state index contributed by atoms with van der Waals surface area (Å²) in [5.74, 6) is 0. The summed E-state index contributed by atoms with van der Waals surface area (Å²) >= 11 is 0. The van der Waals surface area contributed by atoms with Gasteiger partial charge in [-0.15, -0.1) is 0 Å². The summed E-state index contributed by atoms with van der Waals surface area (Å²) in [7, 11) is 0. The average Bonchev–Trinajstić information content (AvgIpc) is 2.99. The molecule has 3 nitrogen and oxygen atoms in total. The average molecular weight is 331 g/mol. The minimum absolute atomic E-state index is 0.278. The fraction of sp³-hybridized carbons (Fsp3) is 0.318. The van der Waals surface area contributed by atoms with Gasteiger partial charge in [-0.1, -0.05) is 29.8 Å². The fourth-order valence-electron chi connectivity index (χ4n) is 4.00. The molecule has 1 atom stereocenters. The molecule has 128 valence electrons. The van der Waals surface area contributed by atoms with Crippen LogP contribution in [-0.4, -0.2) is 21.0 Å². The summed E-state index contributed by atoms with van der Waals surface area (Å²) in [5.41, 5.74) is 6.62. The van der Waals surface area contributed by atoms with Gasteiger partial charge in [0.05, 0.1) is 11.7 Å². The van der Waals surface area contributed by atoms with E-state index in [-0.39, 0.29) is 6.04 Å². The van der Waals surface area contributed by atoms with Gasteiger partial charge in [-0.2, -0.15) is 0 Å². The van der Waals surface area contributed by atoms with Crippen molar-refractivity contribution in [2.24, 2.45) is 0 Å². The van der Waals surface area contributed by atoms with E-state index < -0.39 is 0 Å². The molecule has 0 unspecified atom stereocenters. The second kappa shape index (κ2) is 6.85. The van der Waals surface area contributed by atoms with E-state index >= 15 is 0 Å². The molecule has 0 aliphatic carbocycles. The summed E-state index contributed by atoms with van der Waals surface area (Å²) in [6.07, 6.45) is 5.27. The van der Waals surface area contributed by atoms with E-state index in [1.54, 1.807) is 0 Å². The maximum absolute atomic E-state index is 4.56. The van der Waals surface area contributed by atoms with Crippen LogP contribution in [0.3, 0.4) is 0 Å². The first kappa shape index (κ1) is 16.1. The van der Waals surface area contributed by atoms with Crippen LogP contribution >= 0.6 is 0 Å². The Bertz CT molecular complexity index is 851. The van der Waals surface area contributed by atoms with E-state index in [0.717, 1.165) is 31.7 Å². The Balaban J connectivity index is 1.78. The summed E-state index contributed by atoms with van der Waals surface area (Å²) in [4.78, 5) is 7.15. The molecule has 1 aromatic carbocycles. The Kier molecular flexibility index (Phi) is 4.41. The molecule has 1 aliphatic heterocycles. The third-order valence-electron chi connectivity index (χ3n) is 5.17. The second-order valence-corrected chi connectivity index (χ2v) is 7.03. The first-order valence-corrected chi connectivity index (χ1v) is 9.08. The van der Waals surface area contributed by atoms with Crippen LogP contribution in [0, 0.1) is 13.8 Å². The number of aromatic nitrogens is 2. The van der Waals surface area contributed by atoms with Crippen LogP contribution in [0.15, 0.2) is 60.9 Å². The van der Waals surface area contributed by atoms with Crippen LogP contribution in [-0.2, 0) is 13.1 Å². The Labute approximate surface area is 149 Å². The van der Waals surface area contributed by atoms with Gasteiger partial charge in [-0.3, -0.25) is 9.88 Å². The van der Waals surface area contributed by atoms with Crippen molar-refractivity contribution in [3.8, 4) is 0 Å². The van der Waals surface area contributed by atoms with Crippen LogP contribution in [0.5, 0.6) is 0 Å². The molecule has 0 N–H and O–H groups in total. The predicted molar refractivity (Wildman–Crippen MR) is 101 cm³/mol. The fourth-order valence-corrected chi connectivity index (χ4v) is 4.00. The maximum Gasteiger partial charge on any atom is 0.0762 e. The largest absolute Gasteiger partial charge is 0.350 e. The molecular weight excluding hydrogens is 306 g/mol. The lowest BCUT2D eigenvalue weighted by Crippen LogP contribution is -2.30. The van der Waals surface area contributed by atoms with Crippen molar-refractivity contribution in [2.75, 3.05) is 6.54 Å². The van der Waals surface area contributed by atoms with Crippen molar-refractivity contribution in [1.29, 1.82) is 0 Å². The predicted octanol–water partition coefficient (Wildman–Crippen LogP) is 4.50. The summed E-state index contributed by atoms with van der Waals surface area (Å²) < 4.78 is 2.42. The van der Waals surface area contributed by atoms with Gasteiger partial charge in [0.25, 0.3) is 0 Å². The number of rotatable bonds is 3. The maximum atomic E-state index is 4.56.